The molecule has 9 heavy (non-hydrogen) atoms. The molecule has 2 rings (SSSR count). The summed E-state index contributed by atoms with van der Waals surface area (Å²) in [6, 6.07) is 1.95. The number of nitrogens with zero attached hydrogens (tertiary/aromatic N) is 2. The first-order valence-electron chi connectivity index (χ1n) is 2.85. The lowest BCUT2D eigenvalue weighted by molar-refractivity contribution is 1.03. The third kappa shape index (κ3) is 0.650. The van der Waals surface area contributed by atoms with E-state index in [1.54, 1.807) is 6.20 Å². The minimum Gasteiger partial charge on any atom is -0.368 e. The van der Waals surface area contributed by atoms with E-state index >= 15 is 0 Å². The summed E-state index contributed by atoms with van der Waals surface area (Å²) in [6.07, 6.45) is 3.78. The van der Waals surface area contributed by atoms with Gasteiger partial charge in [-0.05, 0) is 6.07 Å². The Labute approximate surface area is 53.1 Å². The second-order valence-corrected chi connectivity index (χ2v) is 1.92. The van der Waals surface area contributed by atoms with Gasteiger partial charge in [-0.1, -0.05) is 0 Å². The van der Waals surface area contributed by atoms with Gasteiger partial charge in [0.05, 0.1) is 6.20 Å². The van der Waals surface area contributed by atoms with Crippen molar-refractivity contribution in [2.45, 2.75) is 0 Å². The average molecular weight is 120 g/mol. The number of rotatable bonds is 0. The molecular weight excluding hydrogens is 114 g/mol. The fourth-order valence-electron chi connectivity index (χ4n) is 0.901. The Hall–Kier alpha value is -1.12. The number of hydrogen-bond acceptors (Lipinski definition) is 3. The Morgan fingerprint density at radius 1 is 1.56 bits per heavy atom. The van der Waals surface area contributed by atoms with Crippen molar-refractivity contribution in [1.29, 1.82) is 0 Å². The Morgan fingerprint density at radius 2 is 2.56 bits per heavy atom. The van der Waals surface area contributed by atoms with Crippen LogP contribution in [0.4, 0.5) is 5.82 Å². The van der Waals surface area contributed by atoms with Crippen LogP contribution in [0.5, 0.6) is 0 Å². The van der Waals surface area contributed by atoms with Gasteiger partial charge in [-0.3, -0.25) is 0 Å². The van der Waals surface area contributed by atoms with Crippen molar-refractivity contribution in [2.24, 2.45) is 0 Å². The van der Waals surface area contributed by atoms with E-state index in [4.69, 9.17) is 0 Å². The highest BCUT2D eigenvalue weighted by molar-refractivity contribution is 5.52. The molecule has 0 fully saturated rings. The van der Waals surface area contributed by atoms with Crippen LogP contribution in [0.3, 0.4) is 0 Å². The zero-order valence-corrected chi connectivity index (χ0v) is 4.83. The van der Waals surface area contributed by atoms with E-state index in [0.717, 1.165) is 17.9 Å². The molecule has 0 bridgehead atoms. The van der Waals surface area contributed by atoms with Crippen molar-refractivity contribution in [3.8, 4) is 0 Å². The minimum atomic E-state index is 0.883. The Morgan fingerprint density at radius 3 is 3.44 bits per heavy atom. The van der Waals surface area contributed by atoms with Crippen LogP contribution in [0.1, 0.15) is 5.56 Å². The zero-order valence-electron chi connectivity index (χ0n) is 4.83. The van der Waals surface area contributed by atoms with Crippen molar-refractivity contribution in [3.05, 3.63) is 24.2 Å². The quantitative estimate of drug-likeness (QED) is 0.540. The van der Waals surface area contributed by atoms with Gasteiger partial charge in [0.25, 0.3) is 0 Å². The van der Waals surface area contributed by atoms with Crippen molar-refractivity contribution in [1.82, 2.24) is 10.2 Å². The Balaban J connectivity index is 2.54. The molecular formula is C6H6N3. The molecule has 2 heterocycles. The first-order chi connectivity index (χ1) is 4.47. The van der Waals surface area contributed by atoms with Crippen LogP contribution < -0.4 is 5.32 Å². The van der Waals surface area contributed by atoms with E-state index in [1.807, 2.05) is 6.07 Å². The van der Waals surface area contributed by atoms with Crippen molar-refractivity contribution in [2.75, 3.05) is 11.9 Å². The summed E-state index contributed by atoms with van der Waals surface area (Å²) in [6.45, 7) is 0.883. The monoisotopic (exact) mass is 120 g/mol. The second kappa shape index (κ2) is 1.69. The molecule has 0 saturated carbocycles. The average Bonchev–Trinajstić information content (AvgIpc) is 2.33. The first kappa shape index (κ1) is 4.73. The molecule has 45 valence electrons. The molecule has 0 spiro atoms. The molecule has 1 N–H and O–H groups in total. The van der Waals surface area contributed by atoms with Gasteiger partial charge in [0.1, 0.15) is 0 Å². The summed E-state index contributed by atoms with van der Waals surface area (Å²) in [4.78, 5) is 0. The molecule has 3 nitrogen and oxygen atoms in total. The summed E-state index contributed by atoms with van der Waals surface area (Å²) in [5.74, 6) is 0.900. The van der Waals surface area contributed by atoms with E-state index in [0.29, 0.717) is 0 Å². The predicted octanol–water partition coefficient (Wildman–Crippen LogP) is 0.454. The fourth-order valence-corrected chi connectivity index (χ4v) is 0.901. The minimum absolute atomic E-state index is 0.883. The number of nitrogens with one attached hydrogen (secondary N) is 1. The fraction of sp³-hybridized carbons (Fsp3) is 0.167. The molecule has 1 aliphatic rings. The Bertz CT molecular complexity index is 198. The molecule has 1 aliphatic heterocycles. The van der Waals surface area contributed by atoms with Gasteiger partial charge in [0.2, 0.25) is 0 Å². The van der Waals surface area contributed by atoms with Gasteiger partial charge in [0, 0.05) is 18.5 Å². The van der Waals surface area contributed by atoms with Gasteiger partial charge in [-0.2, -0.15) is 5.10 Å². The topological polar surface area (TPSA) is 37.8 Å². The van der Waals surface area contributed by atoms with Crippen molar-refractivity contribution in [3.63, 3.8) is 0 Å². The van der Waals surface area contributed by atoms with Crippen molar-refractivity contribution >= 4 is 5.82 Å². The maximum Gasteiger partial charge on any atom is 0.152 e. The standard InChI is InChI=1S/C6H6N3/c1-3-7-6-5(1)2-4-8-9-6/h1-2,4H,3H2,(H,7,9). The number of anilines is 1. The Kier molecular flexibility index (Phi) is 0.886. The molecule has 0 saturated heterocycles. The van der Waals surface area contributed by atoms with E-state index < -0.39 is 0 Å². The summed E-state index contributed by atoms with van der Waals surface area (Å²) < 4.78 is 0. The van der Waals surface area contributed by atoms with Crippen LogP contribution in [-0.2, 0) is 0 Å². The van der Waals surface area contributed by atoms with Gasteiger partial charge in [-0.15, -0.1) is 5.10 Å². The molecule has 1 aromatic heterocycles. The molecule has 0 unspecified atom stereocenters. The maximum atomic E-state index is 3.87. The van der Waals surface area contributed by atoms with Gasteiger partial charge >= 0.3 is 0 Å². The first-order valence-corrected chi connectivity index (χ1v) is 2.85. The van der Waals surface area contributed by atoms with Gasteiger partial charge < -0.3 is 5.32 Å². The smallest absolute Gasteiger partial charge is 0.152 e. The molecule has 0 atom stereocenters. The lowest BCUT2D eigenvalue weighted by atomic mass is 10.2. The van der Waals surface area contributed by atoms with E-state index in [1.165, 1.54) is 0 Å². The number of aromatic nitrogens is 2. The van der Waals surface area contributed by atoms with Crippen LogP contribution in [-0.4, -0.2) is 16.7 Å². The van der Waals surface area contributed by atoms with Crippen LogP contribution >= 0.6 is 0 Å². The van der Waals surface area contributed by atoms with Crippen LogP contribution in [0, 0.1) is 6.42 Å². The molecule has 3 heteroatoms. The highest BCUT2D eigenvalue weighted by atomic mass is 15.2. The summed E-state index contributed by atoms with van der Waals surface area (Å²) in [5.41, 5.74) is 1.16. The normalized spacial score (nSPS) is 14.7. The summed E-state index contributed by atoms with van der Waals surface area (Å²) in [5, 5.41) is 10.7. The molecule has 1 radical (unpaired) electrons. The van der Waals surface area contributed by atoms with Crippen LogP contribution in [0.15, 0.2) is 12.3 Å². The largest absolute Gasteiger partial charge is 0.368 e. The summed E-state index contributed by atoms with van der Waals surface area (Å²) in [7, 11) is 0. The SMILES string of the molecule is [CH]1CNc2nnccc21. The summed E-state index contributed by atoms with van der Waals surface area (Å²) >= 11 is 0. The molecule has 0 amide bonds. The van der Waals surface area contributed by atoms with E-state index in [9.17, 15) is 0 Å². The zero-order chi connectivity index (χ0) is 6.10. The third-order valence-corrected chi connectivity index (χ3v) is 1.34. The lowest BCUT2D eigenvalue weighted by Gasteiger charge is -1.91. The predicted molar refractivity (Wildman–Crippen MR) is 33.9 cm³/mol. The molecule has 0 aliphatic carbocycles. The van der Waals surface area contributed by atoms with Gasteiger partial charge in [0.15, 0.2) is 5.82 Å². The highest BCUT2D eigenvalue weighted by Crippen LogP contribution is 2.17. The third-order valence-electron chi connectivity index (χ3n) is 1.34. The number of fused-ring (bicyclic) bond motifs is 1. The van der Waals surface area contributed by atoms with Crippen LogP contribution in [0.2, 0.25) is 0 Å². The van der Waals surface area contributed by atoms with E-state index in [-0.39, 0.29) is 0 Å². The van der Waals surface area contributed by atoms with Crippen molar-refractivity contribution < 1.29 is 0 Å². The second-order valence-electron chi connectivity index (χ2n) is 1.92. The maximum absolute atomic E-state index is 3.87. The van der Waals surface area contributed by atoms with E-state index in [2.05, 4.69) is 21.9 Å². The van der Waals surface area contributed by atoms with Gasteiger partial charge in [-0.25, -0.2) is 0 Å². The van der Waals surface area contributed by atoms with Crippen LogP contribution in [0.25, 0.3) is 0 Å². The number of hydrogen-bond donors (Lipinski definition) is 1. The molecule has 0 aromatic carbocycles. The molecule has 1 aromatic rings. The lowest BCUT2D eigenvalue weighted by Crippen LogP contribution is -1.92. The highest BCUT2D eigenvalue weighted by Gasteiger charge is 2.09.